The lowest BCUT2D eigenvalue weighted by atomic mass is 10.0. The first-order chi connectivity index (χ1) is 8.70. The molecule has 0 atom stereocenters. The fraction of sp³-hybridized carbons (Fsp3) is 0.867. The number of unbranched alkanes of at least 4 members (excludes halogenated alkanes) is 6. The molecule has 0 spiro atoms. The maximum Gasteiger partial charge on any atom is 0.305 e. The molecule has 0 unspecified atom stereocenters. The van der Waals surface area contributed by atoms with Crippen molar-refractivity contribution < 1.29 is 14.3 Å². The van der Waals surface area contributed by atoms with Crippen LogP contribution in [0.3, 0.4) is 0 Å². The summed E-state index contributed by atoms with van der Waals surface area (Å²) in [4.78, 5) is 22.3. The monoisotopic (exact) mass is 256 g/mol. The van der Waals surface area contributed by atoms with Gasteiger partial charge in [0.2, 0.25) is 0 Å². The molecule has 0 aromatic carbocycles. The highest BCUT2D eigenvalue weighted by atomic mass is 16.5. The first-order valence-corrected chi connectivity index (χ1v) is 7.29. The molecule has 0 radical (unpaired) electrons. The van der Waals surface area contributed by atoms with Crippen molar-refractivity contribution in [3.8, 4) is 0 Å². The molecule has 0 N–H and O–H groups in total. The van der Waals surface area contributed by atoms with E-state index in [0.717, 1.165) is 51.4 Å². The van der Waals surface area contributed by atoms with Crippen molar-refractivity contribution in [2.24, 2.45) is 0 Å². The second-order valence-corrected chi connectivity index (χ2v) is 4.84. The largest absolute Gasteiger partial charge is 0.469 e. The molecule has 0 saturated carbocycles. The van der Waals surface area contributed by atoms with Gasteiger partial charge in [0, 0.05) is 19.3 Å². The number of carbonyl (C=O) groups excluding carboxylic acids is 2. The van der Waals surface area contributed by atoms with Crippen LogP contribution >= 0.6 is 0 Å². The van der Waals surface area contributed by atoms with Gasteiger partial charge in [0.1, 0.15) is 5.78 Å². The molecule has 0 aliphatic rings. The minimum atomic E-state index is -0.124. The van der Waals surface area contributed by atoms with Gasteiger partial charge in [-0.15, -0.1) is 0 Å². The number of esters is 1. The number of ketones is 1. The number of Topliss-reactive ketones (excluding diaryl/α,β-unsaturated/α-hetero) is 1. The molecule has 3 heteroatoms. The summed E-state index contributed by atoms with van der Waals surface area (Å²) in [5.41, 5.74) is 0. The van der Waals surface area contributed by atoms with E-state index in [2.05, 4.69) is 11.7 Å². The Morgan fingerprint density at radius 2 is 1.28 bits per heavy atom. The van der Waals surface area contributed by atoms with Gasteiger partial charge in [-0.2, -0.15) is 0 Å². The Bertz CT molecular complexity index is 224. The van der Waals surface area contributed by atoms with Crippen molar-refractivity contribution in [2.45, 2.75) is 77.6 Å². The molecular formula is C15H28O3. The SMILES string of the molecule is CCCCCC(=O)CCCCCCCC(=O)OC. The van der Waals surface area contributed by atoms with Crippen LogP contribution in [0, 0.1) is 0 Å². The summed E-state index contributed by atoms with van der Waals surface area (Å²) >= 11 is 0. The van der Waals surface area contributed by atoms with Crippen LogP contribution < -0.4 is 0 Å². The van der Waals surface area contributed by atoms with E-state index in [-0.39, 0.29) is 5.97 Å². The molecule has 0 aromatic rings. The highest BCUT2D eigenvalue weighted by Crippen LogP contribution is 2.10. The molecule has 0 bridgehead atoms. The van der Waals surface area contributed by atoms with Gasteiger partial charge in [-0.3, -0.25) is 9.59 Å². The third-order valence-corrected chi connectivity index (χ3v) is 3.12. The highest BCUT2D eigenvalue weighted by Gasteiger charge is 2.02. The van der Waals surface area contributed by atoms with Gasteiger partial charge in [-0.05, 0) is 19.3 Å². The second-order valence-electron chi connectivity index (χ2n) is 4.84. The van der Waals surface area contributed by atoms with Gasteiger partial charge >= 0.3 is 5.97 Å². The lowest BCUT2D eigenvalue weighted by Gasteiger charge is -2.02. The molecule has 0 fully saturated rings. The van der Waals surface area contributed by atoms with E-state index >= 15 is 0 Å². The highest BCUT2D eigenvalue weighted by molar-refractivity contribution is 5.78. The maximum atomic E-state index is 11.5. The molecule has 0 saturated heterocycles. The number of ether oxygens (including phenoxy) is 1. The number of carbonyl (C=O) groups is 2. The van der Waals surface area contributed by atoms with Crippen LogP contribution in [0.15, 0.2) is 0 Å². The zero-order valence-electron chi connectivity index (χ0n) is 12.0. The third kappa shape index (κ3) is 11.6. The molecule has 0 aliphatic carbocycles. The molecule has 0 aromatic heterocycles. The maximum absolute atomic E-state index is 11.5. The van der Waals surface area contributed by atoms with E-state index in [9.17, 15) is 9.59 Å². The minimum absolute atomic E-state index is 0.124. The van der Waals surface area contributed by atoms with E-state index in [0.29, 0.717) is 12.2 Å². The van der Waals surface area contributed by atoms with E-state index < -0.39 is 0 Å². The first-order valence-electron chi connectivity index (χ1n) is 7.29. The minimum Gasteiger partial charge on any atom is -0.469 e. The lowest BCUT2D eigenvalue weighted by molar-refractivity contribution is -0.140. The molecule has 0 heterocycles. The van der Waals surface area contributed by atoms with Crippen molar-refractivity contribution >= 4 is 11.8 Å². The Morgan fingerprint density at radius 1 is 0.778 bits per heavy atom. The van der Waals surface area contributed by atoms with Crippen molar-refractivity contribution in [3.05, 3.63) is 0 Å². The number of rotatable bonds is 12. The molecule has 0 rings (SSSR count). The number of hydrogen-bond acceptors (Lipinski definition) is 3. The standard InChI is InChI=1S/C15H28O3/c1-3-4-8-11-14(16)12-9-6-5-7-10-13-15(17)18-2/h3-13H2,1-2H3. The zero-order chi connectivity index (χ0) is 13.6. The van der Waals surface area contributed by atoms with E-state index in [1.54, 1.807) is 0 Å². The van der Waals surface area contributed by atoms with Crippen LogP contribution in [0.25, 0.3) is 0 Å². The summed E-state index contributed by atoms with van der Waals surface area (Å²) in [5.74, 6) is 0.291. The van der Waals surface area contributed by atoms with E-state index in [1.165, 1.54) is 20.0 Å². The molecule has 0 aliphatic heterocycles. The summed E-state index contributed by atoms with van der Waals surface area (Å²) in [7, 11) is 1.42. The molecule has 18 heavy (non-hydrogen) atoms. The Balaban J connectivity index is 3.19. The number of methoxy groups -OCH3 is 1. The smallest absolute Gasteiger partial charge is 0.305 e. The fourth-order valence-electron chi connectivity index (χ4n) is 1.92. The van der Waals surface area contributed by atoms with Crippen molar-refractivity contribution in [1.29, 1.82) is 0 Å². The Morgan fingerprint density at radius 3 is 1.83 bits per heavy atom. The second kappa shape index (κ2) is 12.6. The number of hydrogen-bond donors (Lipinski definition) is 0. The van der Waals surface area contributed by atoms with Crippen molar-refractivity contribution in [1.82, 2.24) is 0 Å². The molecule has 106 valence electrons. The van der Waals surface area contributed by atoms with Crippen LogP contribution in [-0.2, 0) is 14.3 Å². The summed E-state index contributed by atoms with van der Waals surface area (Å²) in [5, 5.41) is 0. The third-order valence-electron chi connectivity index (χ3n) is 3.12. The van der Waals surface area contributed by atoms with E-state index in [4.69, 9.17) is 0 Å². The normalized spacial score (nSPS) is 10.3. The average molecular weight is 256 g/mol. The average Bonchev–Trinajstić information content (AvgIpc) is 2.37. The van der Waals surface area contributed by atoms with E-state index in [1.807, 2.05) is 0 Å². The van der Waals surface area contributed by atoms with Crippen LogP contribution in [0.1, 0.15) is 77.6 Å². The van der Waals surface area contributed by atoms with Gasteiger partial charge in [-0.1, -0.05) is 39.0 Å². The molecule has 0 amide bonds. The Hall–Kier alpha value is -0.860. The summed E-state index contributed by atoms with van der Waals surface area (Å²) in [6.07, 6.45) is 10.6. The summed E-state index contributed by atoms with van der Waals surface area (Å²) < 4.78 is 4.57. The molecular weight excluding hydrogens is 228 g/mol. The zero-order valence-corrected chi connectivity index (χ0v) is 12.0. The summed E-state index contributed by atoms with van der Waals surface area (Å²) in [6.45, 7) is 2.15. The quantitative estimate of drug-likeness (QED) is 0.391. The van der Waals surface area contributed by atoms with Gasteiger partial charge in [0.25, 0.3) is 0 Å². The van der Waals surface area contributed by atoms with Crippen molar-refractivity contribution in [3.63, 3.8) is 0 Å². The van der Waals surface area contributed by atoms with Gasteiger partial charge in [0.05, 0.1) is 7.11 Å². The Kier molecular flexibility index (Phi) is 12.0. The van der Waals surface area contributed by atoms with Crippen LogP contribution in [0.5, 0.6) is 0 Å². The first kappa shape index (κ1) is 17.1. The van der Waals surface area contributed by atoms with Gasteiger partial charge < -0.3 is 4.74 Å². The Labute approximate surface area is 111 Å². The van der Waals surface area contributed by atoms with Crippen molar-refractivity contribution in [2.75, 3.05) is 7.11 Å². The van der Waals surface area contributed by atoms with Gasteiger partial charge in [-0.25, -0.2) is 0 Å². The van der Waals surface area contributed by atoms with Gasteiger partial charge in [0.15, 0.2) is 0 Å². The lowest BCUT2D eigenvalue weighted by Crippen LogP contribution is -1.99. The van der Waals surface area contributed by atoms with Crippen LogP contribution in [0.4, 0.5) is 0 Å². The fourth-order valence-corrected chi connectivity index (χ4v) is 1.92. The summed E-state index contributed by atoms with van der Waals surface area (Å²) in [6, 6.07) is 0. The van der Waals surface area contributed by atoms with Crippen LogP contribution in [0.2, 0.25) is 0 Å². The predicted octanol–water partition coefficient (Wildman–Crippen LogP) is 4.04. The predicted molar refractivity (Wildman–Crippen MR) is 73.5 cm³/mol. The molecule has 3 nitrogen and oxygen atoms in total. The topological polar surface area (TPSA) is 43.4 Å². The van der Waals surface area contributed by atoms with Crippen LogP contribution in [-0.4, -0.2) is 18.9 Å².